The van der Waals surface area contributed by atoms with Gasteiger partial charge in [-0.05, 0) is 6.92 Å². The molecule has 2 N–H and O–H groups in total. The van der Waals surface area contributed by atoms with E-state index in [1.807, 2.05) is 0 Å². The molecule has 0 saturated carbocycles. The zero-order chi connectivity index (χ0) is 5.91. The molecule has 0 fully saturated rings. The van der Waals surface area contributed by atoms with E-state index in [0.717, 1.165) is 0 Å². The van der Waals surface area contributed by atoms with Crippen molar-refractivity contribution in [3.63, 3.8) is 0 Å². The molecule has 0 aromatic rings. The summed E-state index contributed by atoms with van der Waals surface area (Å²) in [6.45, 7) is 1.56. The summed E-state index contributed by atoms with van der Waals surface area (Å²) in [5, 5.41) is 0. The first-order valence-corrected chi connectivity index (χ1v) is 3.29. The number of hydrogen-bond acceptors (Lipinski definition) is 2. The van der Waals surface area contributed by atoms with Crippen molar-refractivity contribution in [3.05, 3.63) is 0 Å². The number of rotatable bonds is 2. The van der Waals surface area contributed by atoms with E-state index in [-0.39, 0.29) is 29.0 Å². The Balaban J connectivity index is 0. The van der Waals surface area contributed by atoms with Crippen LogP contribution < -0.4 is 0 Å². The van der Waals surface area contributed by atoms with Gasteiger partial charge in [-0.1, -0.05) is 0 Å². The smallest absolute Gasteiger partial charge is 0.303 e. The fourth-order valence-electron chi connectivity index (χ4n) is 0.168. The monoisotopic (exact) mass is 233 g/mol. The molecule has 0 aliphatic rings. The standard InChI is InChI=1S/C2H7O4P.Ag/c1-2-6-7(3,4)5;/h2H2,1H3,(H2,3,4,5);. The molecular formula is C2H7AgO4P. The van der Waals surface area contributed by atoms with Crippen LogP contribution in [0.1, 0.15) is 6.92 Å². The zero-order valence-corrected chi connectivity index (χ0v) is 6.54. The first kappa shape index (κ1) is 11.6. The summed E-state index contributed by atoms with van der Waals surface area (Å²) in [4.78, 5) is 15.8. The second kappa shape index (κ2) is 4.70. The largest absolute Gasteiger partial charge is 0.469 e. The summed E-state index contributed by atoms with van der Waals surface area (Å²) in [7, 11) is -4.17. The van der Waals surface area contributed by atoms with Gasteiger partial charge in [0.2, 0.25) is 0 Å². The van der Waals surface area contributed by atoms with E-state index < -0.39 is 7.82 Å². The van der Waals surface area contributed by atoms with E-state index in [0.29, 0.717) is 0 Å². The third-order valence-corrected chi connectivity index (χ3v) is 0.892. The van der Waals surface area contributed by atoms with Gasteiger partial charge < -0.3 is 9.79 Å². The van der Waals surface area contributed by atoms with Crippen LogP contribution in [0.25, 0.3) is 0 Å². The molecule has 0 rings (SSSR count). The second-order valence-corrected chi connectivity index (χ2v) is 2.15. The van der Waals surface area contributed by atoms with Crippen molar-refractivity contribution in [2.75, 3.05) is 6.61 Å². The molecule has 0 amide bonds. The quantitative estimate of drug-likeness (QED) is 0.525. The number of phosphoric ester groups is 1. The van der Waals surface area contributed by atoms with E-state index in [4.69, 9.17) is 9.79 Å². The fourth-order valence-corrected chi connectivity index (χ4v) is 0.505. The van der Waals surface area contributed by atoms with Crippen LogP contribution in [0, 0.1) is 0 Å². The topological polar surface area (TPSA) is 66.8 Å². The Labute approximate surface area is 63.0 Å². The third kappa shape index (κ3) is 9.97. The van der Waals surface area contributed by atoms with Gasteiger partial charge in [-0.3, -0.25) is 4.52 Å². The van der Waals surface area contributed by atoms with Gasteiger partial charge in [0.1, 0.15) is 0 Å². The fraction of sp³-hybridized carbons (Fsp3) is 1.00. The van der Waals surface area contributed by atoms with E-state index >= 15 is 0 Å². The molecule has 0 aromatic heterocycles. The Morgan fingerprint density at radius 3 is 2.00 bits per heavy atom. The van der Waals surface area contributed by atoms with E-state index in [9.17, 15) is 4.57 Å². The molecule has 0 aliphatic carbocycles. The number of phosphoric acid groups is 1. The van der Waals surface area contributed by atoms with E-state index in [1.54, 1.807) is 0 Å². The van der Waals surface area contributed by atoms with Crippen LogP contribution in [0.3, 0.4) is 0 Å². The minimum atomic E-state index is -4.17. The molecule has 0 spiro atoms. The summed E-state index contributed by atoms with van der Waals surface area (Å²) in [5.74, 6) is 0. The summed E-state index contributed by atoms with van der Waals surface area (Å²) in [6, 6.07) is 0. The molecule has 0 bridgehead atoms. The van der Waals surface area contributed by atoms with Gasteiger partial charge in [0, 0.05) is 22.4 Å². The van der Waals surface area contributed by atoms with Gasteiger partial charge in [-0.2, -0.15) is 0 Å². The Kier molecular flexibility index (Phi) is 6.83. The molecule has 0 saturated heterocycles. The molecule has 0 aromatic carbocycles. The van der Waals surface area contributed by atoms with Crippen LogP contribution in [0.2, 0.25) is 0 Å². The van der Waals surface area contributed by atoms with Gasteiger partial charge >= 0.3 is 7.82 Å². The Bertz CT molecular complexity index is 88.0. The normalized spacial score (nSPS) is 10.4. The molecule has 8 heavy (non-hydrogen) atoms. The van der Waals surface area contributed by atoms with Crippen molar-refractivity contribution in [2.24, 2.45) is 0 Å². The van der Waals surface area contributed by atoms with Crippen LogP contribution in [0.5, 0.6) is 0 Å². The first-order valence-electron chi connectivity index (χ1n) is 1.76. The molecule has 0 atom stereocenters. The van der Waals surface area contributed by atoms with Crippen LogP contribution in [-0.4, -0.2) is 16.4 Å². The third-order valence-electron chi connectivity index (χ3n) is 0.297. The first-order chi connectivity index (χ1) is 3.06. The SMILES string of the molecule is CCOP(=O)(O)O.[Ag]. The second-order valence-electron chi connectivity index (χ2n) is 0.908. The predicted molar refractivity (Wildman–Crippen MR) is 23.7 cm³/mol. The van der Waals surface area contributed by atoms with Crippen molar-refractivity contribution < 1.29 is 41.3 Å². The Morgan fingerprint density at radius 2 is 2.00 bits per heavy atom. The minimum Gasteiger partial charge on any atom is -0.303 e. The maximum absolute atomic E-state index is 9.70. The predicted octanol–water partition coefficient (Wildman–Crippen LogP) is 0.113. The molecular weight excluding hydrogens is 227 g/mol. The minimum absolute atomic E-state index is 0. The maximum atomic E-state index is 9.70. The zero-order valence-electron chi connectivity index (χ0n) is 4.17. The van der Waals surface area contributed by atoms with Gasteiger partial charge in [-0.15, -0.1) is 0 Å². The summed E-state index contributed by atoms with van der Waals surface area (Å²) in [5.41, 5.74) is 0. The van der Waals surface area contributed by atoms with E-state index in [2.05, 4.69) is 4.52 Å². The molecule has 55 valence electrons. The van der Waals surface area contributed by atoms with Crippen LogP contribution >= 0.6 is 7.82 Å². The summed E-state index contributed by atoms with van der Waals surface area (Å²) in [6.07, 6.45) is 0. The van der Waals surface area contributed by atoms with Gasteiger partial charge in [0.05, 0.1) is 6.61 Å². The summed E-state index contributed by atoms with van der Waals surface area (Å²) < 4.78 is 13.6. The van der Waals surface area contributed by atoms with Crippen molar-refractivity contribution in [1.29, 1.82) is 0 Å². The number of hydrogen-bond donors (Lipinski definition) is 2. The van der Waals surface area contributed by atoms with Crippen LogP contribution in [-0.2, 0) is 31.5 Å². The Morgan fingerprint density at radius 1 is 1.62 bits per heavy atom. The summed E-state index contributed by atoms with van der Waals surface area (Å²) >= 11 is 0. The molecule has 1 radical (unpaired) electrons. The van der Waals surface area contributed by atoms with Crippen molar-refractivity contribution in [2.45, 2.75) is 6.92 Å². The maximum Gasteiger partial charge on any atom is 0.469 e. The van der Waals surface area contributed by atoms with Gasteiger partial charge in [0.25, 0.3) is 0 Å². The molecule has 4 nitrogen and oxygen atoms in total. The van der Waals surface area contributed by atoms with E-state index in [1.165, 1.54) is 6.92 Å². The van der Waals surface area contributed by atoms with Crippen LogP contribution in [0.4, 0.5) is 0 Å². The average Bonchev–Trinajstić information content (AvgIpc) is 1.30. The molecule has 0 unspecified atom stereocenters. The van der Waals surface area contributed by atoms with Crippen LogP contribution in [0.15, 0.2) is 0 Å². The molecule has 0 heterocycles. The van der Waals surface area contributed by atoms with Crippen molar-refractivity contribution in [3.8, 4) is 0 Å². The van der Waals surface area contributed by atoms with Crippen molar-refractivity contribution in [1.82, 2.24) is 0 Å². The van der Waals surface area contributed by atoms with Gasteiger partial charge in [0.15, 0.2) is 0 Å². The average molecular weight is 234 g/mol. The van der Waals surface area contributed by atoms with Gasteiger partial charge in [-0.25, -0.2) is 4.57 Å². The Hall–Kier alpha value is 0.850. The molecule has 0 aliphatic heterocycles. The molecule has 6 heteroatoms. The van der Waals surface area contributed by atoms with Crippen molar-refractivity contribution >= 4 is 7.82 Å².